The third-order valence-electron chi connectivity index (χ3n) is 4.59. The van der Waals surface area contributed by atoms with Crippen LogP contribution in [0.5, 0.6) is 0 Å². The van der Waals surface area contributed by atoms with Gasteiger partial charge < -0.3 is 0 Å². The Balaban J connectivity index is 2.49. The van der Waals surface area contributed by atoms with Gasteiger partial charge in [-0.15, -0.1) is 0 Å². The topological polar surface area (TPSA) is 17.8 Å². The maximum atomic E-state index is 4.71. The average Bonchev–Trinajstić information content (AvgIpc) is 2.85. The minimum atomic E-state index is -1.91. The Morgan fingerprint density at radius 3 is 2.11 bits per heavy atom. The summed E-state index contributed by atoms with van der Waals surface area (Å²) in [5.74, 6) is 1.11. The maximum absolute atomic E-state index is 4.71. The molecule has 1 heterocycles. The fraction of sp³-hybridized carbons (Fsp3) is 0.438. The zero-order valence-corrected chi connectivity index (χ0v) is 14.6. The predicted molar refractivity (Wildman–Crippen MR) is 85.5 cm³/mol. The van der Waals surface area contributed by atoms with Gasteiger partial charge in [0.05, 0.1) is 0 Å². The molecule has 0 atom stereocenters. The quantitative estimate of drug-likeness (QED) is 0.767. The number of benzene rings is 1. The molecule has 0 N–H and O–H groups in total. The summed E-state index contributed by atoms with van der Waals surface area (Å²) in [5, 5.41) is 4.04. The van der Waals surface area contributed by atoms with Crippen LogP contribution >= 0.6 is 0 Å². The first kappa shape index (κ1) is 14.4. The molecule has 2 rings (SSSR count). The zero-order valence-electron chi connectivity index (χ0n) is 12.5. The molecule has 0 spiro atoms. The molecule has 0 amide bonds. The Hall–Kier alpha value is -1.03. The molecule has 0 saturated carbocycles. The molecule has 0 fully saturated rings. The normalized spacial score (nSPS) is 11.8. The van der Waals surface area contributed by atoms with Crippen LogP contribution < -0.4 is 4.53 Å². The number of hydrogen-bond donors (Lipinski definition) is 0. The SMILES string of the molecule is C[CH2][Ge]([CH2]C)([CH2]C)[c]1cnc(-c2ccccc2)n1C. The first-order chi connectivity index (χ1) is 9.18. The van der Waals surface area contributed by atoms with Crippen LogP contribution in [0.25, 0.3) is 11.4 Å². The number of rotatable bonds is 5. The van der Waals surface area contributed by atoms with Crippen molar-refractivity contribution in [3.8, 4) is 11.4 Å². The van der Waals surface area contributed by atoms with E-state index in [0.29, 0.717) is 0 Å². The molecule has 2 nitrogen and oxygen atoms in total. The number of imidazole rings is 1. The van der Waals surface area contributed by atoms with Crippen molar-refractivity contribution in [2.45, 2.75) is 36.5 Å². The molecule has 1 aromatic carbocycles. The van der Waals surface area contributed by atoms with Crippen LogP contribution in [0.15, 0.2) is 36.5 Å². The Kier molecular flexibility index (Phi) is 4.51. The summed E-state index contributed by atoms with van der Waals surface area (Å²) in [7, 11) is 2.19. The van der Waals surface area contributed by atoms with E-state index < -0.39 is 13.3 Å². The van der Waals surface area contributed by atoms with Crippen LogP contribution in [0.2, 0.25) is 15.8 Å². The second-order valence-electron chi connectivity index (χ2n) is 5.23. The van der Waals surface area contributed by atoms with E-state index in [1.165, 1.54) is 21.3 Å². The third kappa shape index (κ3) is 2.51. The molecule has 0 unspecified atom stereocenters. The van der Waals surface area contributed by atoms with E-state index in [9.17, 15) is 0 Å². The third-order valence-corrected chi connectivity index (χ3v) is 16.4. The first-order valence-electron chi connectivity index (χ1n) is 7.26. The molecule has 0 aliphatic rings. The molecule has 0 radical (unpaired) electrons. The van der Waals surface area contributed by atoms with E-state index in [-0.39, 0.29) is 0 Å². The van der Waals surface area contributed by atoms with Crippen LogP contribution in [-0.2, 0) is 7.05 Å². The summed E-state index contributed by atoms with van der Waals surface area (Å²) in [6.45, 7) is 7.09. The molecule has 0 saturated heterocycles. The first-order valence-corrected chi connectivity index (χ1v) is 12.8. The monoisotopic (exact) mass is 318 g/mol. The van der Waals surface area contributed by atoms with Gasteiger partial charge in [0.15, 0.2) is 0 Å². The Morgan fingerprint density at radius 2 is 1.58 bits per heavy atom. The van der Waals surface area contributed by atoms with Crippen molar-refractivity contribution >= 4 is 17.8 Å². The number of nitrogens with zero attached hydrogens (tertiary/aromatic N) is 2. The van der Waals surface area contributed by atoms with Crippen LogP contribution in [-0.4, -0.2) is 22.8 Å². The molecule has 0 aliphatic heterocycles. The predicted octanol–water partition coefficient (Wildman–Crippen LogP) is 3.80. The molecule has 3 heteroatoms. The van der Waals surface area contributed by atoms with Gasteiger partial charge in [-0.05, 0) is 0 Å². The van der Waals surface area contributed by atoms with Crippen molar-refractivity contribution in [2.24, 2.45) is 7.05 Å². The second-order valence-corrected chi connectivity index (χ2v) is 16.1. The van der Waals surface area contributed by atoms with Crippen molar-refractivity contribution in [3.05, 3.63) is 36.5 Å². The van der Waals surface area contributed by atoms with Gasteiger partial charge in [0.1, 0.15) is 0 Å². The summed E-state index contributed by atoms with van der Waals surface area (Å²) < 4.78 is 3.90. The van der Waals surface area contributed by atoms with Gasteiger partial charge in [0, 0.05) is 0 Å². The van der Waals surface area contributed by atoms with Gasteiger partial charge in [-0.2, -0.15) is 0 Å². The fourth-order valence-corrected chi connectivity index (χ4v) is 10.9. The van der Waals surface area contributed by atoms with Crippen molar-refractivity contribution in [3.63, 3.8) is 0 Å². The van der Waals surface area contributed by atoms with Crippen LogP contribution in [0, 0.1) is 0 Å². The van der Waals surface area contributed by atoms with Crippen LogP contribution in [0.3, 0.4) is 0 Å². The van der Waals surface area contributed by atoms with E-state index in [4.69, 9.17) is 4.98 Å². The molecule has 102 valence electrons. The van der Waals surface area contributed by atoms with Gasteiger partial charge in [-0.1, -0.05) is 0 Å². The standard InChI is InChI=1S/C16H24GeN2/c1-5-17(6-2,7-3)15-13-18-16(19(15)4)14-11-9-8-10-12-14/h8-13H,5-7H2,1-4H3. The average molecular weight is 317 g/mol. The van der Waals surface area contributed by atoms with E-state index in [1.807, 2.05) is 0 Å². The summed E-state index contributed by atoms with van der Waals surface area (Å²) in [4.78, 5) is 4.71. The minimum absolute atomic E-state index is 1.11. The Bertz CT molecular complexity index is 519. The molecular formula is C16H24GeN2. The zero-order chi connectivity index (χ0) is 13.9. The van der Waals surface area contributed by atoms with E-state index in [2.05, 4.69) is 68.9 Å². The Labute approximate surface area is 119 Å². The van der Waals surface area contributed by atoms with E-state index in [0.717, 1.165) is 5.82 Å². The van der Waals surface area contributed by atoms with Gasteiger partial charge in [-0.25, -0.2) is 0 Å². The van der Waals surface area contributed by atoms with Crippen LogP contribution in [0.1, 0.15) is 20.8 Å². The van der Waals surface area contributed by atoms with Crippen LogP contribution in [0.4, 0.5) is 0 Å². The molecule has 19 heavy (non-hydrogen) atoms. The summed E-state index contributed by atoms with van der Waals surface area (Å²) in [6, 6.07) is 10.5. The second kappa shape index (κ2) is 5.95. The fourth-order valence-electron chi connectivity index (χ4n) is 3.05. The summed E-state index contributed by atoms with van der Waals surface area (Å²) in [5.41, 5.74) is 1.22. The van der Waals surface area contributed by atoms with Crippen molar-refractivity contribution < 1.29 is 0 Å². The van der Waals surface area contributed by atoms with Gasteiger partial charge >= 0.3 is 119 Å². The Morgan fingerprint density at radius 1 is 1.00 bits per heavy atom. The molecule has 2 aromatic rings. The summed E-state index contributed by atoms with van der Waals surface area (Å²) in [6.07, 6.45) is 2.15. The van der Waals surface area contributed by atoms with Gasteiger partial charge in [0.2, 0.25) is 0 Å². The van der Waals surface area contributed by atoms with Crippen molar-refractivity contribution in [1.82, 2.24) is 9.55 Å². The van der Waals surface area contributed by atoms with Gasteiger partial charge in [0.25, 0.3) is 0 Å². The molecule has 1 aromatic heterocycles. The number of hydrogen-bond acceptors (Lipinski definition) is 1. The molecule has 0 bridgehead atoms. The van der Waals surface area contributed by atoms with E-state index in [1.54, 1.807) is 4.53 Å². The van der Waals surface area contributed by atoms with Crippen molar-refractivity contribution in [1.29, 1.82) is 0 Å². The molecular weight excluding hydrogens is 293 g/mol. The molecule has 0 aliphatic carbocycles. The number of aromatic nitrogens is 2. The van der Waals surface area contributed by atoms with Gasteiger partial charge in [-0.3, -0.25) is 0 Å². The van der Waals surface area contributed by atoms with E-state index >= 15 is 0 Å². The summed E-state index contributed by atoms with van der Waals surface area (Å²) >= 11 is -1.91. The van der Waals surface area contributed by atoms with Crippen molar-refractivity contribution in [2.75, 3.05) is 0 Å².